The molecule has 0 fully saturated rings. The van der Waals surface area contributed by atoms with Gasteiger partial charge in [0.05, 0.1) is 28.4 Å². The van der Waals surface area contributed by atoms with Crippen molar-refractivity contribution in [3.05, 3.63) is 62.9 Å². The van der Waals surface area contributed by atoms with Gasteiger partial charge in [0, 0.05) is 29.3 Å². The summed E-state index contributed by atoms with van der Waals surface area (Å²) < 4.78 is 1.81. The number of aromatic nitrogens is 3. The predicted octanol–water partition coefficient (Wildman–Crippen LogP) is 3.27. The topological polar surface area (TPSA) is 73.8 Å². The molecule has 6 nitrogen and oxygen atoms in total. The standard InChI is InChI=1S/C14H12N4O2S/c1-10-16-13(9-21-10)8-17-7-12(6-15-17)11-2-4-14(5-3-11)18(19)20/h2-7,9H,8H2,1H3. The van der Waals surface area contributed by atoms with Crippen LogP contribution < -0.4 is 0 Å². The number of aryl methyl sites for hydroxylation is 1. The number of non-ortho nitro benzene ring substituents is 1. The van der Waals surface area contributed by atoms with Crippen molar-refractivity contribution in [2.75, 3.05) is 0 Å². The second-order valence-corrected chi connectivity index (χ2v) is 5.65. The highest BCUT2D eigenvalue weighted by Gasteiger charge is 2.07. The normalized spacial score (nSPS) is 10.7. The summed E-state index contributed by atoms with van der Waals surface area (Å²) in [5.74, 6) is 0. The van der Waals surface area contributed by atoms with Gasteiger partial charge in [-0.2, -0.15) is 5.10 Å². The number of nitro groups is 1. The molecule has 0 bridgehead atoms. The molecule has 0 unspecified atom stereocenters. The van der Waals surface area contributed by atoms with Crippen molar-refractivity contribution in [3.8, 4) is 11.1 Å². The number of hydrogen-bond acceptors (Lipinski definition) is 5. The third-order valence-corrected chi connectivity index (χ3v) is 3.86. The Morgan fingerprint density at radius 1 is 1.29 bits per heavy atom. The van der Waals surface area contributed by atoms with E-state index in [1.54, 1.807) is 29.7 Å². The van der Waals surface area contributed by atoms with E-state index in [1.165, 1.54) is 12.1 Å². The number of rotatable bonds is 4. The molecule has 0 saturated heterocycles. The Hall–Kier alpha value is -2.54. The van der Waals surface area contributed by atoms with Gasteiger partial charge in [-0.25, -0.2) is 4.98 Å². The number of hydrogen-bond donors (Lipinski definition) is 0. The molecule has 0 saturated carbocycles. The zero-order valence-electron chi connectivity index (χ0n) is 11.3. The zero-order chi connectivity index (χ0) is 14.8. The molecule has 21 heavy (non-hydrogen) atoms. The van der Waals surface area contributed by atoms with Crippen molar-refractivity contribution < 1.29 is 4.92 Å². The Morgan fingerprint density at radius 3 is 2.67 bits per heavy atom. The van der Waals surface area contributed by atoms with Crippen molar-refractivity contribution in [1.82, 2.24) is 14.8 Å². The summed E-state index contributed by atoms with van der Waals surface area (Å²) in [4.78, 5) is 14.6. The van der Waals surface area contributed by atoms with Crippen LogP contribution in [0, 0.1) is 17.0 Å². The molecular formula is C14H12N4O2S. The SMILES string of the molecule is Cc1nc(Cn2cc(-c3ccc([N+](=O)[O-])cc3)cn2)cs1. The van der Waals surface area contributed by atoms with Crippen molar-refractivity contribution in [1.29, 1.82) is 0 Å². The van der Waals surface area contributed by atoms with Gasteiger partial charge in [0.25, 0.3) is 5.69 Å². The lowest BCUT2D eigenvalue weighted by molar-refractivity contribution is -0.384. The molecule has 0 atom stereocenters. The summed E-state index contributed by atoms with van der Waals surface area (Å²) in [5, 5.41) is 18.0. The van der Waals surface area contributed by atoms with Gasteiger partial charge in [0.2, 0.25) is 0 Å². The molecule has 0 aliphatic carbocycles. The Bertz CT molecular complexity index is 776. The molecule has 3 rings (SSSR count). The van der Waals surface area contributed by atoms with Crippen LogP contribution in [0.15, 0.2) is 42.0 Å². The molecule has 0 radical (unpaired) electrons. The Kier molecular flexibility index (Phi) is 3.49. The highest BCUT2D eigenvalue weighted by molar-refractivity contribution is 7.09. The molecular weight excluding hydrogens is 288 g/mol. The van der Waals surface area contributed by atoms with E-state index in [0.717, 1.165) is 21.8 Å². The van der Waals surface area contributed by atoms with Gasteiger partial charge >= 0.3 is 0 Å². The first-order valence-corrected chi connectivity index (χ1v) is 7.18. The summed E-state index contributed by atoms with van der Waals surface area (Å²) in [6, 6.07) is 6.45. The highest BCUT2D eigenvalue weighted by Crippen LogP contribution is 2.22. The van der Waals surface area contributed by atoms with Gasteiger partial charge in [0.15, 0.2) is 0 Å². The van der Waals surface area contributed by atoms with Crippen LogP contribution in [0.2, 0.25) is 0 Å². The van der Waals surface area contributed by atoms with E-state index in [-0.39, 0.29) is 5.69 Å². The highest BCUT2D eigenvalue weighted by atomic mass is 32.1. The molecule has 2 heterocycles. The van der Waals surface area contributed by atoms with E-state index >= 15 is 0 Å². The van der Waals surface area contributed by atoms with Crippen LogP contribution in [0.4, 0.5) is 5.69 Å². The minimum absolute atomic E-state index is 0.0871. The maximum Gasteiger partial charge on any atom is 0.269 e. The van der Waals surface area contributed by atoms with Crippen LogP contribution in [0.3, 0.4) is 0 Å². The lowest BCUT2D eigenvalue weighted by Crippen LogP contribution is -1.99. The van der Waals surface area contributed by atoms with E-state index in [1.807, 2.05) is 23.2 Å². The smallest absolute Gasteiger partial charge is 0.266 e. The minimum atomic E-state index is -0.405. The number of thiazole rings is 1. The van der Waals surface area contributed by atoms with Gasteiger partial charge in [-0.1, -0.05) is 0 Å². The second kappa shape index (κ2) is 5.45. The maximum absolute atomic E-state index is 10.6. The fraction of sp³-hybridized carbons (Fsp3) is 0.143. The zero-order valence-corrected chi connectivity index (χ0v) is 12.1. The average molecular weight is 300 g/mol. The van der Waals surface area contributed by atoms with Crippen molar-refractivity contribution >= 4 is 17.0 Å². The van der Waals surface area contributed by atoms with Crippen LogP contribution in [-0.2, 0) is 6.54 Å². The Morgan fingerprint density at radius 2 is 2.05 bits per heavy atom. The van der Waals surface area contributed by atoms with Crippen molar-refractivity contribution in [3.63, 3.8) is 0 Å². The van der Waals surface area contributed by atoms with Gasteiger partial charge in [-0.3, -0.25) is 14.8 Å². The van der Waals surface area contributed by atoms with Crippen LogP contribution in [0.25, 0.3) is 11.1 Å². The molecule has 0 amide bonds. The third-order valence-electron chi connectivity index (χ3n) is 3.04. The van der Waals surface area contributed by atoms with Crippen LogP contribution >= 0.6 is 11.3 Å². The van der Waals surface area contributed by atoms with Crippen molar-refractivity contribution in [2.24, 2.45) is 0 Å². The predicted molar refractivity (Wildman–Crippen MR) is 80.3 cm³/mol. The molecule has 0 aliphatic heterocycles. The summed E-state index contributed by atoms with van der Waals surface area (Å²) in [6.07, 6.45) is 3.66. The molecule has 0 N–H and O–H groups in total. The van der Waals surface area contributed by atoms with E-state index in [4.69, 9.17) is 0 Å². The van der Waals surface area contributed by atoms with Crippen molar-refractivity contribution in [2.45, 2.75) is 13.5 Å². The van der Waals surface area contributed by atoms with Crippen LogP contribution in [0.1, 0.15) is 10.7 Å². The van der Waals surface area contributed by atoms with Crippen LogP contribution in [-0.4, -0.2) is 19.7 Å². The number of nitro benzene ring substituents is 1. The minimum Gasteiger partial charge on any atom is -0.266 e. The molecule has 2 aromatic heterocycles. The largest absolute Gasteiger partial charge is 0.269 e. The molecule has 3 aromatic rings. The lowest BCUT2D eigenvalue weighted by atomic mass is 10.1. The van der Waals surface area contributed by atoms with Gasteiger partial charge < -0.3 is 0 Å². The monoisotopic (exact) mass is 300 g/mol. The average Bonchev–Trinajstić information content (AvgIpc) is 3.09. The summed E-state index contributed by atoms with van der Waals surface area (Å²) in [6.45, 7) is 2.59. The van der Waals surface area contributed by atoms with E-state index < -0.39 is 4.92 Å². The molecule has 106 valence electrons. The van der Waals surface area contributed by atoms with Gasteiger partial charge in [-0.15, -0.1) is 11.3 Å². The molecule has 7 heteroatoms. The molecule has 1 aromatic carbocycles. The maximum atomic E-state index is 10.6. The van der Waals surface area contributed by atoms with E-state index in [0.29, 0.717) is 6.54 Å². The summed E-state index contributed by atoms with van der Waals surface area (Å²) >= 11 is 1.62. The molecule has 0 spiro atoms. The lowest BCUT2D eigenvalue weighted by Gasteiger charge is -1.98. The first-order valence-electron chi connectivity index (χ1n) is 6.30. The summed E-state index contributed by atoms with van der Waals surface area (Å²) in [7, 11) is 0. The van der Waals surface area contributed by atoms with E-state index in [2.05, 4.69) is 10.1 Å². The van der Waals surface area contributed by atoms with Gasteiger partial charge in [0.1, 0.15) is 0 Å². The Labute approximate surface area is 124 Å². The number of benzene rings is 1. The molecule has 0 aliphatic rings. The van der Waals surface area contributed by atoms with Gasteiger partial charge in [-0.05, 0) is 24.6 Å². The number of nitrogens with zero attached hydrogens (tertiary/aromatic N) is 4. The quantitative estimate of drug-likeness (QED) is 0.547. The first-order chi connectivity index (χ1) is 10.1. The second-order valence-electron chi connectivity index (χ2n) is 4.59. The van der Waals surface area contributed by atoms with Crippen LogP contribution in [0.5, 0.6) is 0 Å². The fourth-order valence-corrected chi connectivity index (χ4v) is 2.63. The van der Waals surface area contributed by atoms with E-state index in [9.17, 15) is 10.1 Å². The third kappa shape index (κ3) is 2.97. The first kappa shape index (κ1) is 13.4. The Balaban J connectivity index is 1.79. The fourth-order valence-electron chi connectivity index (χ4n) is 2.02. The summed E-state index contributed by atoms with van der Waals surface area (Å²) in [5.41, 5.74) is 2.90.